The van der Waals surface area contributed by atoms with E-state index in [1.165, 1.54) is 4.90 Å². The van der Waals surface area contributed by atoms with Crippen molar-refractivity contribution in [1.29, 1.82) is 0 Å². The van der Waals surface area contributed by atoms with Gasteiger partial charge in [-0.3, -0.25) is 25.6 Å². The predicted molar refractivity (Wildman–Crippen MR) is 148 cm³/mol. The minimum absolute atomic E-state index is 0.0968. The van der Waals surface area contributed by atoms with Gasteiger partial charge in [-0.1, -0.05) is 13.8 Å². The SMILES string of the molecule is CC(C)C(NC(=O)c1cc(C(F)(F)F)ccc1F)C(=O)N1CCC2(CC1)C(=O)N(C)CN2c1ccc(C(=[NH2+])N=NN)cc1. The molecule has 4 rings (SSSR count). The molecule has 2 aromatic rings. The number of halogens is 4. The van der Waals surface area contributed by atoms with Crippen LogP contribution < -0.4 is 21.5 Å². The summed E-state index contributed by atoms with van der Waals surface area (Å²) in [4.78, 5) is 44.9. The number of piperidine rings is 1. The van der Waals surface area contributed by atoms with E-state index < -0.39 is 52.4 Å². The third-order valence-electron chi connectivity index (χ3n) is 7.92. The van der Waals surface area contributed by atoms with Gasteiger partial charge >= 0.3 is 12.0 Å². The molecule has 15 heteroatoms. The monoisotopic (exact) mass is 605 g/mol. The highest BCUT2D eigenvalue weighted by Gasteiger charge is 2.53. The van der Waals surface area contributed by atoms with E-state index in [0.717, 1.165) is 5.69 Å². The van der Waals surface area contributed by atoms with Crippen molar-refractivity contribution in [3.8, 4) is 0 Å². The van der Waals surface area contributed by atoms with Gasteiger partial charge in [-0.2, -0.15) is 13.2 Å². The topological polar surface area (TPSA) is 149 Å². The first kappa shape index (κ1) is 31.4. The Morgan fingerprint density at radius 2 is 1.72 bits per heavy atom. The molecule has 43 heavy (non-hydrogen) atoms. The number of likely N-dealkylation sites (tertiary alicyclic amines) is 1. The molecule has 0 aromatic heterocycles. The first-order chi connectivity index (χ1) is 20.2. The van der Waals surface area contributed by atoms with Gasteiger partial charge in [-0.25, -0.2) is 4.39 Å². The van der Waals surface area contributed by atoms with Crippen molar-refractivity contribution in [3.05, 3.63) is 65.0 Å². The van der Waals surface area contributed by atoms with Gasteiger partial charge in [0.15, 0.2) is 0 Å². The van der Waals surface area contributed by atoms with Crippen LogP contribution in [0.3, 0.4) is 0 Å². The van der Waals surface area contributed by atoms with Crippen LogP contribution in [0.15, 0.2) is 52.8 Å². The molecule has 11 nitrogen and oxygen atoms in total. The van der Waals surface area contributed by atoms with E-state index >= 15 is 0 Å². The number of amides is 3. The van der Waals surface area contributed by atoms with Crippen molar-refractivity contribution >= 4 is 29.2 Å². The first-order valence-electron chi connectivity index (χ1n) is 13.5. The summed E-state index contributed by atoms with van der Waals surface area (Å²) in [5.41, 5.74) is -1.55. The van der Waals surface area contributed by atoms with Gasteiger partial charge < -0.3 is 20.0 Å². The lowest BCUT2D eigenvalue weighted by Crippen LogP contribution is -2.60. The lowest BCUT2D eigenvalue weighted by atomic mass is 9.85. The number of likely N-dealkylation sites (N-methyl/N-ethyl adjacent to an activating group) is 1. The molecular weight excluding hydrogens is 572 g/mol. The number of benzene rings is 2. The molecule has 0 saturated carbocycles. The van der Waals surface area contributed by atoms with E-state index in [9.17, 15) is 31.9 Å². The van der Waals surface area contributed by atoms with Crippen LogP contribution in [0, 0.1) is 11.7 Å². The minimum Gasteiger partial charge on any atom is -0.341 e. The fourth-order valence-electron chi connectivity index (χ4n) is 5.53. The molecule has 3 amide bonds. The molecule has 0 bridgehead atoms. The zero-order valence-corrected chi connectivity index (χ0v) is 23.9. The molecular formula is C28H33F4N8O3+. The highest BCUT2D eigenvalue weighted by Crippen LogP contribution is 2.39. The highest BCUT2D eigenvalue weighted by atomic mass is 19.4. The van der Waals surface area contributed by atoms with Crippen LogP contribution in [0.25, 0.3) is 0 Å². The van der Waals surface area contributed by atoms with Crippen molar-refractivity contribution in [2.24, 2.45) is 22.1 Å². The summed E-state index contributed by atoms with van der Waals surface area (Å²) in [6.45, 7) is 4.01. The number of alkyl halides is 3. The van der Waals surface area contributed by atoms with Crippen molar-refractivity contribution in [1.82, 2.24) is 15.1 Å². The average Bonchev–Trinajstić information content (AvgIpc) is 3.20. The van der Waals surface area contributed by atoms with Gasteiger partial charge in [-0.05, 0) is 61.2 Å². The van der Waals surface area contributed by atoms with Crippen LogP contribution in [0.1, 0.15) is 48.2 Å². The molecule has 0 radical (unpaired) electrons. The molecule has 230 valence electrons. The third-order valence-corrected chi connectivity index (χ3v) is 7.92. The van der Waals surface area contributed by atoms with E-state index in [1.54, 1.807) is 50.1 Å². The maximum Gasteiger partial charge on any atom is 0.416 e. The third kappa shape index (κ3) is 6.15. The van der Waals surface area contributed by atoms with E-state index in [-0.39, 0.29) is 24.8 Å². The van der Waals surface area contributed by atoms with Crippen LogP contribution in [-0.4, -0.2) is 71.7 Å². The predicted octanol–water partition coefficient (Wildman–Crippen LogP) is 1.73. The Morgan fingerprint density at radius 3 is 2.28 bits per heavy atom. The number of hydrogen-bond donors (Lipinski definition) is 3. The lowest BCUT2D eigenvalue weighted by Gasteiger charge is -2.44. The summed E-state index contributed by atoms with van der Waals surface area (Å²) in [5.74, 6) is 1.91. The van der Waals surface area contributed by atoms with Gasteiger partial charge in [0.25, 0.3) is 5.91 Å². The number of anilines is 1. The van der Waals surface area contributed by atoms with Crippen LogP contribution in [0.5, 0.6) is 0 Å². The normalized spacial score (nSPS) is 17.7. The maximum atomic E-state index is 14.3. The summed E-state index contributed by atoms with van der Waals surface area (Å²) in [7, 11) is 1.70. The Labute approximate surface area is 245 Å². The average molecular weight is 606 g/mol. The van der Waals surface area contributed by atoms with Crippen molar-refractivity contribution in [2.75, 3.05) is 31.7 Å². The Hall–Kier alpha value is -4.56. The second kappa shape index (κ2) is 12.0. The van der Waals surface area contributed by atoms with Gasteiger partial charge in [0.2, 0.25) is 11.8 Å². The summed E-state index contributed by atoms with van der Waals surface area (Å²) < 4.78 is 53.8. The maximum absolute atomic E-state index is 14.3. The summed E-state index contributed by atoms with van der Waals surface area (Å²) in [5, 5.41) is 15.1. The second-order valence-corrected chi connectivity index (χ2v) is 11.0. The van der Waals surface area contributed by atoms with E-state index in [4.69, 9.17) is 11.3 Å². The van der Waals surface area contributed by atoms with Gasteiger partial charge in [0, 0.05) is 31.0 Å². The Morgan fingerprint density at radius 1 is 1.09 bits per heavy atom. The number of carbonyl (C=O) groups is 3. The van der Waals surface area contributed by atoms with E-state index in [2.05, 4.69) is 15.7 Å². The zero-order valence-electron chi connectivity index (χ0n) is 23.9. The molecule has 1 atom stereocenters. The van der Waals surface area contributed by atoms with Crippen LogP contribution in [0.4, 0.5) is 23.2 Å². The molecule has 0 aliphatic carbocycles. The number of nitrogens with one attached hydrogen (secondary N) is 1. The molecule has 2 saturated heterocycles. The van der Waals surface area contributed by atoms with Gasteiger partial charge in [0.05, 0.1) is 28.5 Å². The fourth-order valence-corrected chi connectivity index (χ4v) is 5.53. The number of amidine groups is 1. The number of nitrogens with zero attached hydrogens (tertiary/aromatic N) is 5. The number of hydrogen-bond acceptors (Lipinski definition) is 5. The van der Waals surface area contributed by atoms with Crippen LogP contribution in [-0.2, 0) is 15.8 Å². The second-order valence-electron chi connectivity index (χ2n) is 11.0. The molecule has 5 N–H and O–H groups in total. The van der Waals surface area contributed by atoms with Gasteiger partial charge in [0.1, 0.15) is 17.4 Å². The van der Waals surface area contributed by atoms with Crippen LogP contribution in [0.2, 0.25) is 0 Å². The fraction of sp³-hybridized carbons (Fsp3) is 0.429. The number of nitrogens with two attached hydrogens (primary N) is 2. The molecule has 2 aromatic carbocycles. The molecule has 1 spiro atoms. The lowest BCUT2D eigenvalue weighted by molar-refractivity contribution is -0.139. The summed E-state index contributed by atoms with van der Waals surface area (Å²) in [6, 6.07) is 7.48. The molecule has 2 heterocycles. The van der Waals surface area contributed by atoms with Crippen LogP contribution >= 0.6 is 0 Å². The Kier molecular flexibility index (Phi) is 8.74. The quantitative estimate of drug-likeness (QED) is 0.115. The van der Waals surface area contributed by atoms with Crippen molar-refractivity contribution < 1.29 is 37.4 Å². The standard InChI is InChI=1S/C28H32F4N8O3/c1-16(2)22(35-24(41)20-14-18(28(30,31)32)6-9-21(20)29)25(42)39-12-10-27(11-13-39)26(43)38(3)15-40(27)19-7-4-17(5-8-19)23(33)36-37-34/h4-9,14,16,22H,10-13,15H2,1-3H3,(H,35,41)(H3,33,34,36)/p+1. The van der Waals surface area contributed by atoms with E-state index in [0.29, 0.717) is 43.3 Å². The molecule has 1 unspecified atom stereocenters. The van der Waals surface area contributed by atoms with Gasteiger partial charge in [-0.15, -0.1) is 0 Å². The number of rotatable bonds is 6. The molecule has 2 fully saturated rings. The van der Waals surface area contributed by atoms with Crippen molar-refractivity contribution in [2.45, 2.75) is 44.4 Å². The Balaban J connectivity index is 1.50. The van der Waals surface area contributed by atoms with E-state index in [1.807, 2.05) is 4.90 Å². The smallest absolute Gasteiger partial charge is 0.341 e. The zero-order chi connectivity index (χ0) is 31.7. The summed E-state index contributed by atoms with van der Waals surface area (Å²) >= 11 is 0. The minimum atomic E-state index is -4.77. The first-order valence-corrected chi connectivity index (χ1v) is 13.5. The number of carbonyl (C=O) groups excluding carboxylic acids is 3. The molecule has 2 aliphatic heterocycles. The summed E-state index contributed by atoms with van der Waals surface area (Å²) in [6.07, 6.45) is -4.19. The Bertz CT molecular complexity index is 1440. The highest BCUT2D eigenvalue weighted by molar-refractivity contribution is 5.98. The molecule has 2 aliphatic rings. The largest absolute Gasteiger partial charge is 0.416 e. The van der Waals surface area contributed by atoms with Crippen molar-refractivity contribution in [3.63, 3.8) is 0 Å².